The summed E-state index contributed by atoms with van der Waals surface area (Å²) in [5.74, 6) is -0.410. The normalized spacial score (nSPS) is 14.3. The second-order valence-electron chi connectivity index (χ2n) is 4.91. The van der Waals surface area contributed by atoms with Crippen LogP contribution in [0.3, 0.4) is 0 Å². The van der Waals surface area contributed by atoms with Gasteiger partial charge in [-0.1, -0.05) is 26.0 Å². The number of hydrogen-bond donors (Lipinski definition) is 2. The Kier molecular flexibility index (Phi) is 4.55. The summed E-state index contributed by atoms with van der Waals surface area (Å²) in [6.07, 6.45) is 1.52. The van der Waals surface area contributed by atoms with E-state index in [1.54, 1.807) is 13.0 Å². The highest BCUT2D eigenvalue weighted by Gasteiger charge is 2.15. The number of benzene rings is 1. The van der Waals surface area contributed by atoms with Gasteiger partial charge in [0.25, 0.3) is 0 Å². The quantitative estimate of drug-likeness (QED) is 0.826. The molecule has 0 fully saturated rings. The number of phenolic OH excluding ortho intramolecular Hbond substituents is 1. The number of carboxylic acid groups (broad SMARTS) is 1. The number of rotatable bonds is 5. The Bertz CT molecular complexity index is 398. The summed E-state index contributed by atoms with van der Waals surface area (Å²) in [5.41, 5.74) is 2.01. The lowest BCUT2D eigenvalue weighted by molar-refractivity contribution is -0.141. The van der Waals surface area contributed by atoms with Crippen LogP contribution in [-0.4, -0.2) is 16.2 Å². The van der Waals surface area contributed by atoms with Crippen LogP contribution >= 0.6 is 0 Å². The number of aromatic hydroxyl groups is 1. The highest BCUT2D eigenvalue weighted by Crippen LogP contribution is 2.21. The van der Waals surface area contributed by atoms with E-state index in [-0.39, 0.29) is 5.92 Å². The first-order valence-electron chi connectivity index (χ1n) is 5.91. The van der Waals surface area contributed by atoms with Gasteiger partial charge in [0.15, 0.2) is 0 Å². The van der Waals surface area contributed by atoms with Crippen LogP contribution in [0, 0.1) is 18.8 Å². The highest BCUT2D eigenvalue weighted by molar-refractivity contribution is 5.69. The van der Waals surface area contributed by atoms with Crippen LogP contribution in [0.25, 0.3) is 0 Å². The van der Waals surface area contributed by atoms with Gasteiger partial charge in [0, 0.05) is 0 Å². The van der Waals surface area contributed by atoms with Crippen molar-refractivity contribution in [3.05, 3.63) is 29.3 Å². The lowest BCUT2D eigenvalue weighted by Crippen LogP contribution is -2.14. The summed E-state index contributed by atoms with van der Waals surface area (Å²) in [4.78, 5) is 10.8. The van der Waals surface area contributed by atoms with Gasteiger partial charge < -0.3 is 10.2 Å². The lowest BCUT2D eigenvalue weighted by atomic mass is 9.91. The maximum absolute atomic E-state index is 10.8. The number of carbonyl (C=O) groups is 1. The Morgan fingerprint density at radius 2 is 2.00 bits per heavy atom. The molecule has 1 aromatic rings. The Morgan fingerprint density at radius 3 is 2.53 bits per heavy atom. The minimum Gasteiger partial charge on any atom is -0.508 e. The number of aliphatic carboxylic acids is 1. The zero-order chi connectivity index (χ0) is 13.0. The average molecular weight is 236 g/mol. The Balaban J connectivity index is 2.58. The number of carboxylic acids is 1. The molecular weight excluding hydrogens is 216 g/mol. The van der Waals surface area contributed by atoms with Crippen molar-refractivity contribution in [2.75, 3.05) is 0 Å². The minimum absolute atomic E-state index is 0.303. The third kappa shape index (κ3) is 4.10. The van der Waals surface area contributed by atoms with Crippen molar-refractivity contribution in [3.63, 3.8) is 0 Å². The van der Waals surface area contributed by atoms with Gasteiger partial charge in [0.1, 0.15) is 5.75 Å². The second kappa shape index (κ2) is 5.71. The molecule has 1 unspecified atom stereocenters. The van der Waals surface area contributed by atoms with Crippen LogP contribution in [0.2, 0.25) is 0 Å². The van der Waals surface area contributed by atoms with Crippen LogP contribution in [0.5, 0.6) is 5.75 Å². The Labute approximate surface area is 102 Å². The summed E-state index contributed by atoms with van der Waals surface area (Å²) in [7, 11) is 0. The zero-order valence-electron chi connectivity index (χ0n) is 10.6. The van der Waals surface area contributed by atoms with E-state index in [0.29, 0.717) is 18.1 Å². The monoisotopic (exact) mass is 236 g/mol. The van der Waals surface area contributed by atoms with E-state index in [1.165, 1.54) is 0 Å². The topological polar surface area (TPSA) is 57.5 Å². The Hall–Kier alpha value is -1.51. The van der Waals surface area contributed by atoms with Gasteiger partial charge in [-0.15, -0.1) is 0 Å². The summed E-state index contributed by atoms with van der Waals surface area (Å²) < 4.78 is 0. The first kappa shape index (κ1) is 13.6. The van der Waals surface area contributed by atoms with Crippen LogP contribution in [0.15, 0.2) is 18.2 Å². The second-order valence-corrected chi connectivity index (χ2v) is 4.91. The molecule has 2 atom stereocenters. The SMILES string of the molecule is Cc1cc(C[C@H](C)CC(C)C(=O)O)ccc1O. The molecule has 94 valence electrons. The van der Waals surface area contributed by atoms with Crippen LogP contribution in [-0.2, 0) is 11.2 Å². The van der Waals surface area contributed by atoms with Crippen molar-refractivity contribution in [2.24, 2.45) is 11.8 Å². The van der Waals surface area contributed by atoms with Gasteiger partial charge in [-0.2, -0.15) is 0 Å². The number of hydrogen-bond acceptors (Lipinski definition) is 2. The minimum atomic E-state index is -0.737. The molecule has 0 spiro atoms. The smallest absolute Gasteiger partial charge is 0.306 e. The molecular formula is C14H20O3. The van der Waals surface area contributed by atoms with Gasteiger partial charge in [0.2, 0.25) is 0 Å². The third-order valence-corrected chi connectivity index (χ3v) is 3.02. The van der Waals surface area contributed by atoms with E-state index < -0.39 is 5.97 Å². The van der Waals surface area contributed by atoms with Crippen molar-refractivity contribution in [3.8, 4) is 5.75 Å². The summed E-state index contributed by atoms with van der Waals surface area (Å²) >= 11 is 0. The van der Waals surface area contributed by atoms with Crippen molar-refractivity contribution >= 4 is 5.97 Å². The molecule has 0 saturated heterocycles. The summed E-state index contributed by atoms with van der Waals surface area (Å²) in [5, 5.41) is 18.3. The molecule has 0 aliphatic heterocycles. The molecule has 17 heavy (non-hydrogen) atoms. The molecule has 0 saturated carbocycles. The maximum Gasteiger partial charge on any atom is 0.306 e. The van der Waals surface area contributed by atoms with Crippen molar-refractivity contribution in [1.82, 2.24) is 0 Å². The first-order valence-corrected chi connectivity index (χ1v) is 5.91. The first-order chi connectivity index (χ1) is 7.90. The molecule has 0 aromatic heterocycles. The molecule has 3 heteroatoms. The number of phenols is 1. The number of aryl methyl sites for hydroxylation is 1. The molecule has 0 heterocycles. The molecule has 0 radical (unpaired) electrons. The predicted octanol–water partition coefficient (Wildman–Crippen LogP) is 2.99. The van der Waals surface area contributed by atoms with Gasteiger partial charge in [0.05, 0.1) is 5.92 Å². The lowest BCUT2D eigenvalue weighted by Gasteiger charge is -2.14. The molecule has 0 bridgehead atoms. The Morgan fingerprint density at radius 1 is 1.35 bits per heavy atom. The maximum atomic E-state index is 10.8. The van der Waals surface area contributed by atoms with Crippen molar-refractivity contribution in [1.29, 1.82) is 0 Å². The van der Waals surface area contributed by atoms with Gasteiger partial charge >= 0.3 is 5.97 Å². The third-order valence-electron chi connectivity index (χ3n) is 3.02. The largest absolute Gasteiger partial charge is 0.508 e. The molecule has 1 rings (SSSR count). The van der Waals surface area contributed by atoms with E-state index in [2.05, 4.69) is 6.92 Å². The van der Waals surface area contributed by atoms with Crippen molar-refractivity contribution in [2.45, 2.75) is 33.6 Å². The fourth-order valence-corrected chi connectivity index (χ4v) is 2.03. The van der Waals surface area contributed by atoms with E-state index >= 15 is 0 Å². The standard InChI is InChI=1S/C14H20O3/c1-9(6-11(3)14(16)17)7-12-4-5-13(15)10(2)8-12/h4-5,8-9,11,15H,6-7H2,1-3H3,(H,16,17)/t9-,11?/m1/s1. The predicted molar refractivity (Wildman–Crippen MR) is 67.1 cm³/mol. The van der Waals surface area contributed by atoms with E-state index in [1.807, 2.05) is 19.1 Å². The van der Waals surface area contributed by atoms with Gasteiger partial charge in [-0.25, -0.2) is 0 Å². The van der Waals surface area contributed by atoms with E-state index in [9.17, 15) is 9.90 Å². The van der Waals surface area contributed by atoms with Gasteiger partial charge in [-0.05, 0) is 42.9 Å². The molecule has 0 amide bonds. The van der Waals surface area contributed by atoms with Crippen molar-refractivity contribution < 1.29 is 15.0 Å². The molecule has 3 nitrogen and oxygen atoms in total. The van der Waals surface area contributed by atoms with Crippen LogP contribution in [0.4, 0.5) is 0 Å². The summed E-state index contributed by atoms with van der Waals surface area (Å²) in [6.45, 7) is 5.66. The average Bonchev–Trinajstić information content (AvgIpc) is 2.23. The molecule has 2 N–H and O–H groups in total. The van der Waals surface area contributed by atoms with Crippen LogP contribution < -0.4 is 0 Å². The van der Waals surface area contributed by atoms with Gasteiger partial charge in [-0.3, -0.25) is 4.79 Å². The van der Waals surface area contributed by atoms with E-state index in [0.717, 1.165) is 17.5 Å². The molecule has 0 aliphatic carbocycles. The summed E-state index contributed by atoms with van der Waals surface area (Å²) in [6, 6.07) is 5.54. The van der Waals surface area contributed by atoms with Crippen LogP contribution in [0.1, 0.15) is 31.4 Å². The fraction of sp³-hybridized carbons (Fsp3) is 0.500. The molecule has 1 aromatic carbocycles. The highest BCUT2D eigenvalue weighted by atomic mass is 16.4. The van der Waals surface area contributed by atoms with E-state index in [4.69, 9.17) is 5.11 Å². The molecule has 0 aliphatic rings. The zero-order valence-corrected chi connectivity index (χ0v) is 10.6. The fourth-order valence-electron chi connectivity index (χ4n) is 2.03.